The summed E-state index contributed by atoms with van der Waals surface area (Å²) in [6, 6.07) is 2.38. The molecule has 9 nitrogen and oxygen atoms in total. The van der Waals surface area contributed by atoms with Crippen molar-refractivity contribution in [2.45, 2.75) is 4.21 Å². The van der Waals surface area contributed by atoms with E-state index in [0.717, 1.165) is 6.07 Å². The van der Waals surface area contributed by atoms with Crippen LogP contribution in [0.5, 0.6) is 0 Å². The average molecular weight is 303 g/mol. The Morgan fingerprint density at radius 2 is 2.26 bits per heavy atom. The minimum Gasteiger partial charge on any atom is -0.385 e. The molecule has 0 fully saturated rings. The number of nitrogen functional groups attached to an aromatic ring is 1. The predicted molar refractivity (Wildman–Crippen MR) is 69.4 cm³/mol. The van der Waals surface area contributed by atoms with Gasteiger partial charge in [0.2, 0.25) is 0 Å². The van der Waals surface area contributed by atoms with Gasteiger partial charge in [0.25, 0.3) is 10.0 Å². The number of hydrogen-bond donors (Lipinski definition) is 2. The number of aryl methyl sites for hydroxylation is 1. The van der Waals surface area contributed by atoms with Gasteiger partial charge in [0.15, 0.2) is 10.8 Å². The van der Waals surface area contributed by atoms with Crippen LogP contribution in [0.3, 0.4) is 0 Å². The third kappa shape index (κ3) is 2.66. The Kier molecular flexibility index (Phi) is 3.16. The molecule has 0 amide bonds. The fourth-order valence-corrected chi connectivity index (χ4v) is 3.52. The maximum atomic E-state index is 12.0. The summed E-state index contributed by atoms with van der Waals surface area (Å²) in [6.45, 7) is 0. The lowest BCUT2D eigenvalue weighted by Gasteiger charge is -2.01. The van der Waals surface area contributed by atoms with Gasteiger partial charge in [-0.3, -0.25) is 19.5 Å². The van der Waals surface area contributed by atoms with Crippen LogP contribution in [0, 0.1) is 10.1 Å². The molecule has 3 N–H and O–H groups in total. The van der Waals surface area contributed by atoms with Crippen LogP contribution in [-0.4, -0.2) is 23.1 Å². The first-order valence-corrected chi connectivity index (χ1v) is 7.16. The van der Waals surface area contributed by atoms with Gasteiger partial charge in [-0.25, -0.2) is 8.42 Å². The van der Waals surface area contributed by atoms with E-state index >= 15 is 0 Å². The highest BCUT2D eigenvalue weighted by molar-refractivity contribution is 7.94. The van der Waals surface area contributed by atoms with Gasteiger partial charge in [0.1, 0.15) is 4.21 Å². The Bertz CT molecular complexity index is 732. The zero-order valence-corrected chi connectivity index (χ0v) is 11.2. The lowest BCUT2D eigenvalue weighted by Crippen LogP contribution is -2.12. The molecule has 2 rings (SSSR count). The van der Waals surface area contributed by atoms with E-state index in [0.29, 0.717) is 11.3 Å². The highest BCUT2D eigenvalue weighted by Crippen LogP contribution is 2.34. The van der Waals surface area contributed by atoms with Crippen molar-refractivity contribution in [3.05, 3.63) is 28.4 Å². The van der Waals surface area contributed by atoms with Gasteiger partial charge < -0.3 is 5.73 Å². The smallest absolute Gasteiger partial charge is 0.304 e. The van der Waals surface area contributed by atoms with Gasteiger partial charge in [-0.2, -0.15) is 5.10 Å². The van der Waals surface area contributed by atoms with Crippen LogP contribution in [0.2, 0.25) is 0 Å². The van der Waals surface area contributed by atoms with Gasteiger partial charge in [0, 0.05) is 25.4 Å². The fraction of sp³-hybridized carbons (Fsp3) is 0.125. The third-order valence-electron chi connectivity index (χ3n) is 2.13. The predicted octanol–water partition coefficient (Wildman–Crippen LogP) is 0.773. The summed E-state index contributed by atoms with van der Waals surface area (Å²) < 4.78 is 27.3. The number of sulfonamides is 1. The number of nitrogens with zero attached hydrogens (tertiary/aromatic N) is 3. The van der Waals surface area contributed by atoms with Crippen LogP contribution < -0.4 is 10.5 Å². The van der Waals surface area contributed by atoms with Crippen LogP contribution in [0.15, 0.2) is 22.5 Å². The number of thiophene rings is 1. The van der Waals surface area contributed by atoms with Crippen molar-refractivity contribution in [1.82, 2.24) is 9.78 Å². The molecular formula is C8H9N5O4S2. The highest BCUT2D eigenvalue weighted by atomic mass is 32.2. The van der Waals surface area contributed by atoms with Crippen molar-refractivity contribution in [2.75, 3.05) is 10.5 Å². The minimum atomic E-state index is -3.93. The van der Waals surface area contributed by atoms with Gasteiger partial charge in [-0.15, -0.1) is 0 Å². The summed E-state index contributed by atoms with van der Waals surface area (Å²) in [5, 5.41) is 14.3. The van der Waals surface area contributed by atoms with E-state index in [9.17, 15) is 18.5 Å². The fourth-order valence-electron chi connectivity index (χ4n) is 1.31. The largest absolute Gasteiger partial charge is 0.385 e. The standard InChI is InChI=1S/C8H9N5O4S2/c1-12-3-2-6(10-12)11-19(16,17)7-4-5(13(14)15)8(9)18-7/h2-4H,9H2,1H3,(H,10,11). The van der Waals surface area contributed by atoms with E-state index in [-0.39, 0.29) is 15.0 Å². The molecule has 0 unspecified atom stereocenters. The average Bonchev–Trinajstić information content (AvgIpc) is 2.84. The second-order valence-electron chi connectivity index (χ2n) is 3.55. The molecule has 2 aromatic heterocycles. The van der Waals surface area contributed by atoms with Crippen molar-refractivity contribution in [3.8, 4) is 0 Å². The number of nitrogens with one attached hydrogen (secondary N) is 1. The number of nitro groups is 1. The first-order valence-electron chi connectivity index (χ1n) is 4.86. The Labute approximate surface area is 111 Å². The first-order chi connectivity index (χ1) is 8.79. The summed E-state index contributed by atoms with van der Waals surface area (Å²) in [6.07, 6.45) is 1.56. The van der Waals surface area contributed by atoms with Crippen LogP contribution in [0.25, 0.3) is 0 Å². The lowest BCUT2D eigenvalue weighted by molar-refractivity contribution is -0.383. The summed E-state index contributed by atoms with van der Waals surface area (Å²) in [4.78, 5) is 9.89. The molecule has 0 saturated carbocycles. The molecule has 19 heavy (non-hydrogen) atoms. The van der Waals surface area contributed by atoms with Gasteiger partial charge in [0.05, 0.1) is 4.92 Å². The highest BCUT2D eigenvalue weighted by Gasteiger charge is 2.25. The number of aromatic nitrogens is 2. The molecule has 0 aliphatic carbocycles. The van der Waals surface area contributed by atoms with E-state index in [1.165, 1.54) is 10.7 Å². The van der Waals surface area contributed by atoms with Crippen LogP contribution in [-0.2, 0) is 17.1 Å². The van der Waals surface area contributed by atoms with Gasteiger partial charge >= 0.3 is 5.69 Å². The summed E-state index contributed by atoms with van der Waals surface area (Å²) >= 11 is 0.627. The topological polar surface area (TPSA) is 133 Å². The molecule has 2 aromatic rings. The summed E-state index contributed by atoms with van der Waals surface area (Å²) in [7, 11) is -2.30. The number of hydrogen-bond acceptors (Lipinski definition) is 7. The van der Waals surface area contributed by atoms with Crippen molar-refractivity contribution in [2.24, 2.45) is 7.05 Å². The Hall–Kier alpha value is -2.14. The second-order valence-corrected chi connectivity index (χ2v) is 6.55. The Morgan fingerprint density at radius 3 is 2.74 bits per heavy atom. The van der Waals surface area contributed by atoms with Crippen LogP contribution in [0.1, 0.15) is 0 Å². The van der Waals surface area contributed by atoms with Crippen LogP contribution >= 0.6 is 11.3 Å². The van der Waals surface area contributed by atoms with E-state index < -0.39 is 20.6 Å². The zero-order valence-electron chi connectivity index (χ0n) is 9.60. The van der Waals surface area contributed by atoms with E-state index in [4.69, 9.17) is 5.73 Å². The van der Waals surface area contributed by atoms with Gasteiger partial charge in [-0.05, 0) is 0 Å². The van der Waals surface area contributed by atoms with Gasteiger partial charge in [-0.1, -0.05) is 11.3 Å². The van der Waals surface area contributed by atoms with E-state index in [1.54, 1.807) is 13.2 Å². The SMILES string of the molecule is Cn1ccc(NS(=O)(=O)c2cc([N+](=O)[O-])c(N)s2)n1. The number of rotatable bonds is 4. The molecule has 0 bridgehead atoms. The quantitative estimate of drug-likeness (QED) is 0.633. The van der Waals surface area contributed by atoms with Crippen molar-refractivity contribution in [3.63, 3.8) is 0 Å². The van der Waals surface area contributed by atoms with E-state index in [1.807, 2.05) is 0 Å². The molecule has 0 radical (unpaired) electrons. The zero-order chi connectivity index (χ0) is 14.2. The maximum Gasteiger partial charge on any atom is 0.304 e. The number of nitrogens with two attached hydrogens (primary N) is 1. The molecule has 0 aliphatic rings. The molecule has 2 heterocycles. The molecule has 0 atom stereocenters. The lowest BCUT2D eigenvalue weighted by atomic mass is 10.5. The monoisotopic (exact) mass is 303 g/mol. The second kappa shape index (κ2) is 4.51. The van der Waals surface area contributed by atoms with Crippen molar-refractivity contribution in [1.29, 1.82) is 0 Å². The van der Waals surface area contributed by atoms with E-state index in [2.05, 4.69) is 9.82 Å². The number of anilines is 2. The molecule has 11 heteroatoms. The summed E-state index contributed by atoms with van der Waals surface area (Å²) in [5.74, 6) is 0.122. The maximum absolute atomic E-state index is 12.0. The Morgan fingerprint density at radius 1 is 1.58 bits per heavy atom. The minimum absolute atomic E-state index is 0.122. The molecular weight excluding hydrogens is 294 g/mol. The Balaban J connectivity index is 2.34. The first kappa shape index (κ1) is 13.3. The normalized spacial score (nSPS) is 11.4. The van der Waals surface area contributed by atoms with Crippen LogP contribution in [0.4, 0.5) is 16.5 Å². The van der Waals surface area contributed by atoms with Crippen molar-refractivity contribution < 1.29 is 13.3 Å². The third-order valence-corrected chi connectivity index (χ3v) is 4.91. The van der Waals surface area contributed by atoms with Crippen molar-refractivity contribution >= 4 is 37.9 Å². The molecule has 102 valence electrons. The molecule has 0 aromatic carbocycles. The molecule has 0 aliphatic heterocycles. The molecule has 0 saturated heterocycles. The summed E-state index contributed by atoms with van der Waals surface area (Å²) in [5.41, 5.74) is 4.98. The molecule has 0 spiro atoms.